The molecule has 0 bridgehead atoms. The number of Topliss-reactive ketones (excluding diaryl/α,β-unsaturated/α-hetero) is 2. The number of phenols is 1. The molecule has 9 heteroatoms. The first-order chi connectivity index (χ1) is 17.6. The van der Waals surface area contributed by atoms with Crippen molar-refractivity contribution in [3.05, 3.63) is 64.2 Å². The zero-order chi connectivity index (χ0) is 26.6. The van der Waals surface area contributed by atoms with Gasteiger partial charge in [-0.1, -0.05) is 11.8 Å². The van der Waals surface area contributed by atoms with E-state index >= 15 is 0 Å². The summed E-state index contributed by atoms with van der Waals surface area (Å²) in [4.78, 5) is 38.4. The van der Waals surface area contributed by atoms with Gasteiger partial charge in [0.1, 0.15) is 23.2 Å². The number of fused-ring (bicyclic) bond motifs is 3. The van der Waals surface area contributed by atoms with Gasteiger partial charge in [-0.05, 0) is 67.1 Å². The molecule has 6 N–H and O–H groups in total. The molecule has 0 aliphatic heterocycles. The fourth-order valence-electron chi connectivity index (χ4n) is 5.86. The standard InChI is InChI=1S/C28H25NO8/c1-37-17-7-3-13(4-8-17)2-5-14-6-9-19(30)22-18(14)11-15-10-16-12-20(31)23(27(29)35)26(34)28(16,36)25(33)21(15)24(22)32/h3-4,6-9,15-16,20,23,30-32,36H,10-12H2,1H3,(H2,29,35)/t15-,16+,20?,23?,28+/m1/s1. The first kappa shape index (κ1) is 24.6. The largest absolute Gasteiger partial charge is 0.507 e. The lowest BCUT2D eigenvalue weighted by molar-refractivity contribution is -0.174. The number of methoxy groups -OCH3 is 1. The van der Waals surface area contributed by atoms with Crippen LogP contribution in [0, 0.1) is 29.6 Å². The molecule has 9 nitrogen and oxygen atoms in total. The second kappa shape index (κ2) is 8.76. The summed E-state index contributed by atoms with van der Waals surface area (Å²) in [6.45, 7) is 0. The molecule has 0 spiro atoms. The number of aliphatic hydroxyl groups is 3. The number of rotatable bonds is 2. The topological polar surface area (TPSA) is 167 Å². The van der Waals surface area contributed by atoms with Gasteiger partial charge in [0.2, 0.25) is 11.7 Å². The third-order valence-electron chi connectivity index (χ3n) is 7.70. The summed E-state index contributed by atoms with van der Waals surface area (Å²) in [6.07, 6.45) is -1.30. The van der Waals surface area contributed by atoms with Crippen molar-refractivity contribution in [2.75, 3.05) is 7.11 Å². The van der Waals surface area contributed by atoms with Gasteiger partial charge in [0.25, 0.3) is 0 Å². The van der Waals surface area contributed by atoms with Crippen LogP contribution in [0.25, 0.3) is 5.76 Å². The molecular formula is C28H25NO8. The maximum Gasteiger partial charge on any atom is 0.230 e. The molecule has 2 saturated carbocycles. The van der Waals surface area contributed by atoms with Gasteiger partial charge in [-0.2, -0.15) is 0 Å². The number of ketones is 2. The van der Waals surface area contributed by atoms with E-state index in [2.05, 4.69) is 11.8 Å². The van der Waals surface area contributed by atoms with Crippen LogP contribution in [-0.2, 0) is 20.8 Å². The molecule has 0 aromatic heterocycles. The number of carbonyl (C=O) groups excluding carboxylic acids is 3. The first-order valence-electron chi connectivity index (χ1n) is 11.8. The smallest absolute Gasteiger partial charge is 0.230 e. The quantitative estimate of drug-likeness (QED) is 0.299. The Kier molecular flexibility index (Phi) is 5.82. The Bertz CT molecular complexity index is 1430. The van der Waals surface area contributed by atoms with Crippen LogP contribution in [0.2, 0.25) is 0 Å². The highest BCUT2D eigenvalue weighted by Gasteiger charge is 2.63. The zero-order valence-corrected chi connectivity index (χ0v) is 19.9. The Morgan fingerprint density at radius 2 is 1.78 bits per heavy atom. The summed E-state index contributed by atoms with van der Waals surface area (Å²) in [5, 5.41) is 43.4. The minimum atomic E-state index is -2.60. The summed E-state index contributed by atoms with van der Waals surface area (Å²) in [5.41, 5.74) is 4.28. The van der Waals surface area contributed by atoms with Crippen LogP contribution in [0.15, 0.2) is 42.0 Å². The van der Waals surface area contributed by atoms with E-state index in [-0.39, 0.29) is 36.1 Å². The lowest BCUT2D eigenvalue weighted by Crippen LogP contribution is -2.66. The lowest BCUT2D eigenvalue weighted by atomic mass is 9.56. The highest BCUT2D eigenvalue weighted by Crippen LogP contribution is 2.51. The number of hydrogen-bond acceptors (Lipinski definition) is 8. The SMILES string of the molecule is COc1ccc(C#Cc2ccc(O)c3c2C[C@H]2C[C@H]4CC(O)C(C(N)=O)C(=O)[C@@]4(O)C(=O)C2=C3O)cc1. The average Bonchev–Trinajstić information content (AvgIpc) is 2.86. The Hall–Kier alpha value is -4.13. The van der Waals surface area contributed by atoms with Gasteiger partial charge in [-0.15, -0.1) is 0 Å². The van der Waals surface area contributed by atoms with Crippen LogP contribution in [0.3, 0.4) is 0 Å². The molecule has 1 amide bonds. The van der Waals surface area contributed by atoms with E-state index in [0.29, 0.717) is 16.9 Å². The molecule has 2 unspecified atom stereocenters. The molecule has 0 heterocycles. The van der Waals surface area contributed by atoms with Crippen molar-refractivity contribution in [1.29, 1.82) is 0 Å². The number of hydrogen-bond donors (Lipinski definition) is 5. The van der Waals surface area contributed by atoms with Gasteiger partial charge in [-0.3, -0.25) is 14.4 Å². The predicted octanol–water partition coefficient (Wildman–Crippen LogP) is 0.997. The number of aromatic hydroxyl groups is 1. The van der Waals surface area contributed by atoms with E-state index in [1.165, 1.54) is 6.07 Å². The molecule has 5 rings (SSSR count). The average molecular weight is 504 g/mol. The Morgan fingerprint density at radius 3 is 2.43 bits per heavy atom. The van der Waals surface area contributed by atoms with Crippen molar-refractivity contribution in [2.45, 2.75) is 31.0 Å². The molecule has 2 aromatic carbocycles. The number of carbonyl (C=O) groups is 3. The molecule has 3 aliphatic rings. The highest BCUT2D eigenvalue weighted by atomic mass is 16.5. The predicted molar refractivity (Wildman–Crippen MR) is 130 cm³/mol. The van der Waals surface area contributed by atoms with E-state index in [9.17, 15) is 34.8 Å². The Balaban J connectivity index is 1.59. The van der Waals surface area contributed by atoms with Crippen molar-refractivity contribution < 1.29 is 39.5 Å². The second-order valence-corrected chi connectivity index (χ2v) is 9.70. The number of aliphatic hydroxyl groups excluding tert-OH is 2. The van der Waals surface area contributed by atoms with Crippen LogP contribution in [0.5, 0.6) is 11.5 Å². The van der Waals surface area contributed by atoms with Crippen molar-refractivity contribution in [2.24, 2.45) is 23.5 Å². The lowest BCUT2D eigenvalue weighted by Gasteiger charge is -2.48. The van der Waals surface area contributed by atoms with E-state index in [4.69, 9.17) is 10.5 Å². The molecule has 5 atom stereocenters. The zero-order valence-electron chi connectivity index (χ0n) is 19.9. The summed E-state index contributed by atoms with van der Waals surface area (Å²) in [5.74, 6) is -0.656. The van der Waals surface area contributed by atoms with Gasteiger partial charge in [0.05, 0.1) is 18.8 Å². The van der Waals surface area contributed by atoms with Crippen molar-refractivity contribution in [3.8, 4) is 23.3 Å². The van der Waals surface area contributed by atoms with Gasteiger partial charge in [0.15, 0.2) is 11.4 Å². The van der Waals surface area contributed by atoms with Crippen LogP contribution in [-0.4, -0.2) is 56.7 Å². The van der Waals surface area contributed by atoms with Gasteiger partial charge >= 0.3 is 0 Å². The van der Waals surface area contributed by atoms with E-state index in [1.807, 2.05) is 0 Å². The number of amides is 1. The molecular weight excluding hydrogens is 478 g/mol. The van der Waals surface area contributed by atoms with Crippen molar-refractivity contribution in [3.63, 3.8) is 0 Å². The maximum atomic E-state index is 13.5. The monoisotopic (exact) mass is 503 g/mol. The van der Waals surface area contributed by atoms with Gasteiger partial charge in [0, 0.05) is 22.6 Å². The summed E-state index contributed by atoms with van der Waals surface area (Å²) in [7, 11) is 1.56. The van der Waals surface area contributed by atoms with Crippen molar-refractivity contribution >= 4 is 23.2 Å². The summed E-state index contributed by atoms with van der Waals surface area (Å²) < 4.78 is 5.15. The fourth-order valence-corrected chi connectivity index (χ4v) is 5.86. The molecule has 190 valence electrons. The van der Waals surface area contributed by atoms with Crippen LogP contribution in [0.1, 0.15) is 35.1 Å². The Morgan fingerprint density at radius 1 is 1.08 bits per heavy atom. The summed E-state index contributed by atoms with van der Waals surface area (Å²) >= 11 is 0. The molecule has 2 aromatic rings. The van der Waals surface area contributed by atoms with E-state index in [1.54, 1.807) is 37.4 Å². The van der Waals surface area contributed by atoms with Crippen LogP contribution >= 0.6 is 0 Å². The van der Waals surface area contributed by atoms with Crippen LogP contribution < -0.4 is 10.5 Å². The molecule has 0 saturated heterocycles. The minimum Gasteiger partial charge on any atom is -0.507 e. The van der Waals surface area contributed by atoms with Crippen LogP contribution in [0.4, 0.5) is 0 Å². The molecule has 37 heavy (non-hydrogen) atoms. The van der Waals surface area contributed by atoms with E-state index < -0.39 is 52.7 Å². The number of nitrogens with two attached hydrogens (primary N) is 1. The molecule has 2 fully saturated rings. The van der Waals surface area contributed by atoms with Gasteiger partial charge in [-0.25, -0.2) is 0 Å². The van der Waals surface area contributed by atoms with Gasteiger partial charge < -0.3 is 30.9 Å². The number of ether oxygens (including phenoxy) is 1. The van der Waals surface area contributed by atoms with Crippen molar-refractivity contribution in [1.82, 2.24) is 0 Å². The maximum absolute atomic E-state index is 13.5. The number of primary amides is 1. The summed E-state index contributed by atoms with van der Waals surface area (Å²) in [6, 6.07) is 10.1. The first-order valence-corrected chi connectivity index (χ1v) is 11.8. The normalized spacial score (nSPS) is 28.4. The fraction of sp³-hybridized carbons (Fsp3) is 0.321. The molecule has 0 radical (unpaired) electrons. The second-order valence-electron chi connectivity index (χ2n) is 9.70. The Labute approximate surface area is 212 Å². The number of benzene rings is 2. The third-order valence-corrected chi connectivity index (χ3v) is 7.70. The molecule has 3 aliphatic carbocycles. The van der Waals surface area contributed by atoms with E-state index in [0.717, 1.165) is 5.56 Å². The highest BCUT2D eigenvalue weighted by molar-refractivity contribution is 6.24. The number of phenolic OH excluding ortho intramolecular Hbond substituents is 1. The third kappa shape index (κ3) is 3.68. The minimum absolute atomic E-state index is 0.0120.